The number of thiophene rings is 1. The number of rotatable bonds is 9. The van der Waals surface area contributed by atoms with Gasteiger partial charge in [-0.1, -0.05) is 16.8 Å². The van der Waals surface area contributed by atoms with Crippen molar-refractivity contribution in [3.63, 3.8) is 0 Å². The first kappa shape index (κ1) is 29.6. The van der Waals surface area contributed by atoms with Crippen LogP contribution in [-0.4, -0.2) is 74.1 Å². The molecular formula is C24H26ClF3N6O5S. The van der Waals surface area contributed by atoms with E-state index in [1.807, 2.05) is 24.1 Å². The van der Waals surface area contributed by atoms with Crippen molar-refractivity contribution >= 4 is 40.7 Å². The maximum absolute atomic E-state index is 14.2. The lowest BCUT2D eigenvalue weighted by Gasteiger charge is -2.42. The second-order valence-electron chi connectivity index (χ2n) is 9.71. The number of alkyl halides is 3. The lowest BCUT2D eigenvalue weighted by Crippen LogP contribution is -2.59. The predicted octanol–water partition coefficient (Wildman–Crippen LogP) is 3.49. The molecule has 3 aromatic heterocycles. The molecule has 0 bridgehead atoms. The van der Waals surface area contributed by atoms with E-state index in [1.54, 1.807) is 12.1 Å². The number of amides is 2. The molecule has 11 nitrogen and oxygen atoms in total. The Kier molecular flexibility index (Phi) is 8.56. The number of piperidine rings is 1. The van der Waals surface area contributed by atoms with Crippen LogP contribution >= 0.6 is 22.9 Å². The minimum atomic E-state index is -4.91. The number of primary amides is 1. The average molecular weight is 603 g/mol. The van der Waals surface area contributed by atoms with Crippen LogP contribution in [0.2, 0.25) is 4.34 Å². The lowest BCUT2D eigenvalue weighted by molar-refractivity contribution is -0.175. The van der Waals surface area contributed by atoms with Gasteiger partial charge in [0.15, 0.2) is 11.5 Å². The van der Waals surface area contributed by atoms with Gasteiger partial charge in [0.05, 0.1) is 21.7 Å². The maximum atomic E-state index is 14.2. The summed E-state index contributed by atoms with van der Waals surface area (Å²) >= 11 is 7.17. The molecule has 3 aromatic rings. The number of halogens is 4. The third kappa shape index (κ3) is 6.47. The molecule has 3 unspecified atom stereocenters. The Labute approximate surface area is 235 Å². The Morgan fingerprint density at radius 1 is 1.30 bits per heavy atom. The van der Waals surface area contributed by atoms with Crippen molar-refractivity contribution < 1.29 is 37.2 Å². The number of aromatic nitrogens is 3. The first-order chi connectivity index (χ1) is 18.7. The Hall–Kier alpha value is -3.43. The standard InChI is InChI=1S/C24H26ClF3N6O5S/c1-11(2)33-6-5-13(14(10-33)21(29)35)20(24(26,27)28)30-22(36)15-8-16(23(37)38)34(31-15)9-12-7-17(39-32-12)18-3-4-19(25)40-18/h3-4,7-8,11,13-14,20H,5-6,9-10H2,1-2H3,(H2,29,35)(H,30,36)(H,37,38). The smallest absolute Gasteiger partial charge is 0.408 e. The summed E-state index contributed by atoms with van der Waals surface area (Å²) in [6.07, 6.45) is -4.94. The number of carboxylic acid groups (broad SMARTS) is 1. The number of likely N-dealkylation sites (tertiary alicyclic amines) is 1. The van der Waals surface area contributed by atoms with Gasteiger partial charge < -0.3 is 25.6 Å². The summed E-state index contributed by atoms with van der Waals surface area (Å²) < 4.78 is 49.3. The van der Waals surface area contributed by atoms with E-state index >= 15 is 0 Å². The van der Waals surface area contributed by atoms with Crippen molar-refractivity contribution in [2.24, 2.45) is 17.6 Å². The zero-order valence-corrected chi connectivity index (χ0v) is 22.9. The first-order valence-electron chi connectivity index (χ1n) is 12.2. The van der Waals surface area contributed by atoms with Crippen LogP contribution in [0.1, 0.15) is 46.9 Å². The number of nitrogens with two attached hydrogens (primary N) is 1. The Bertz CT molecular complexity index is 1400. The summed E-state index contributed by atoms with van der Waals surface area (Å²) in [5.74, 6) is -5.69. The van der Waals surface area contributed by atoms with Crippen LogP contribution in [0.4, 0.5) is 13.2 Å². The van der Waals surface area contributed by atoms with Crippen LogP contribution in [0.15, 0.2) is 28.8 Å². The van der Waals surface area contributed by atoms with E-state index in [9.17, 15) is 32.7 Å². The fourth-order valence-electron chi connectivity index (χ4n) is 4.73. The topological polar surface area (TPSA) is 157 Å². The molecule has 0 aliphatic carbocycles. The Balaban J connectivity index is 1.56. The number of carboxylic acids is 1. The third-order valence-electron chi connectivity index (χ3n) is 6.78. The third-order valence-corrected chi connectivity index (χ3v) is 8.03. The van der Waals surface area contributed by atoms with E-state index in [-0.39, 0.29) is 37.8 Å². The number of nitrogens with zero attached hydrogens (tertiary/aromatic N) is 4. The minimum Gasteiger partial charge on any atom is -0.477 e. The number of carbonyl (C=O) groups is 3. The highest BCUT2D eigenvalue weighted by atomic mass is 35.5. The number of hydrogen-bond acceptors (Lipinski definition) is 8. The average Bonchev–Trinajstić information content (AvgIpc) is 3.61. The van der Waals surface area contributed by atoms with Crippen LogP contribution in [0.3, 0.4) is 0 Å². The molecule has 0 aromatic carbocycles. The molecule has 40 heavy (non-hydrogen) atoms. The molecule has 4 rings (SSSR count). The molecule has 3 atom stereocenters. The monoisotopic (exact) mass is 602 g/mol. The summed E-state index contributed by atoms with van der Waals surface area (Å²) in [6.45, 7) is 3.78. The van der Waals surface area contributed by atoms with Gasteiger partial charge in [0.1, 0.15) is 17.4 Å². The molecule has 216 valence electrons. The summed E-state index contributed by atoms with van der Waals surface area (Å²) in [5, 5.41) is 19.4. The summed E-state index contributed by atoms with van der Waals surface area (Å²) in [4.78, 5) is 39.5. The van der Waals surface area contributed by atoms with E-state index in [0.717, 1.165) is 10.7 Å². The van der Waals surface area contributed by atoms with Gasteiger partial charge >= 0.3 is 12.1 Å². The normalized spacial score (nSPS) is 19.1. The Morgan fingerprint density at radius 2 is 2.02 bits per heavy atom. The van der Waals surface area contributed by atoms with Crippen molar-refractivity contribution in [2.75, 3.05) is 13.1 Å². The number of aromatic carboxylic acids is 1. The fourth-order valence-corrected chi connectivity index (χ4v) is 5.73. The van der Waals surface area contributed by atoms with Gasteiger partial charge in [-0.25, -0.2) is 4.79 Å². The van der Waals surface area contributed by atoms with Crippen LogP contribution in [0.5, 0.6) is 0 Å². The molecule has 1 fully saturated rings. The summed E-state index contributed by atoms with van der Waals surface area (Å²) in [7, 11) is 0. The summed E-state index contributed by atoms with van der Waals surface area (Å²) in [6, 6.07) is 3.37. The quantitative estimate of drug-likeness (QED) is 0.336. The zero-order chi connectivity index (χ0) is 29.4. The van der Waals surface area contributed by atoms with Crippen molar-refractivity contribution in [1.82, 2.24) is 25.2 Å². The van der Waals surface area contributed by atoms with Crippen molar-refractivity contribution in [2.45, 2.75) is 45.1 Å². The summed E-state index contributed by atoms with van der Waals surface area (Å²) in [5.41, 5.74) is 4.73. The molecular weight excluding hydrogens is 577 g/mol. The van der Waals surface area contributed by atoms with Crippen LogP contribution < -0.4 is 11.1 Å². The lowest BCUT2D eigenvalue weighted by atomic mass is 9.79. The van der Waals surface area contributed by atoms with Gasteiger partial charge in [-0.3, -0.25) is 14.3 Å². The van der Waals surface area contributed by atoms with Crippen molar-refractivity contribution in [1.29, 1.82) is 0 Å². The van der Waals surface area contributed by atoms with Crippen molar-refractivity contribution in [3.05, 3.63) is 45.7 Å². The molecule has 1 aliphatic heterocycles. The van der Waals surface area contributed by atoms with Crippen LogP contribution in [-0.2, 0) is 11.3 Å². The van der Waals surface area contributed by atoms with Crippen LogP contribution in [0, 0.1) is 11.8 Å². The number of carbonyl (C=O) groups excluding carboxylic acids is 2. The maximum Gasteiger partial charge on any atom is 0.408 e. The van der Waals surface area contributed by atoms with Gasteiger partial charge in [0.2, 0.25) is 5.91 Å². The van der Waals surface area contributed by atoms with Crippen molar-refractivity contribution in [3.8, 4) is 10.6 Å². The first-order valence-corrected chi connectivity index (χ1v) is 13.4. The van der Waals surface area contributed by atoms with Gasteiger partial charge in [-0.05, 0) is 38.9 Å². The highest BCUT2D eigenvalue weighted by molar-refractivity contribution is 7.19. The molecule has 0 spiro atoms. The van der Waals surface area contributed by atoms with E-state index in [2.05, 4.69) is 10.3 Å². The van der Waals surface area contributed by atoms with Gasteiger partial charge in [-0.15, -0.1) is 11.3 Å². The molecule has 0 radical (unpaired) electrons. The van der Waals surface area contributed by atoms with Gasteiger partial charge in [0.25, 0.3) is 5.91 Å². The molecule has 16 heteroatoms. The number of hydrogen-bond donors (Lipinski definition) is 3. The Morgan fingerprint density at radius 3 is 2.60 bits per heavy atom. The molecule has 1 aliphatic rings. The molecule has 1 saturated heterocycles. The molecule has 4 N–H and O–H groups in total. The number of nitrogens with one attached hydrogen (secondary N) is 1. The van der Waals surface area contributed by atoms with Crippen LogP contribution in [0.25, 0.3) is 10.6 Å². The van der Waals surface area contributed by atoms with E-state index < -0.39 is 53.2 Å². The van der Waals surface area contributed by atoms with E-state index in [4.69, 9.17) is 21.9 Å². The second kappa shape index (κ2) is 11.6. The van der Waals surface area contributed by atoms with Gasteiger partial charge in [-0.2, -0.15) is 18.3 Å². The minimum absolute atomic E-state index is 0.0101. The zero-order valence-electron chi connectivity index (χ0n) is 21.3. The fraction of sp³-hybridized carbons (Fsp3) is 0.458. The second-order valence-corrected chi connectivity index (χ2v) is 11.4. The SMILES string of the molecule is CC(C)N1CCC(C(NC(=O)c2cc(C(=O)O)n(Cc3cc(-c4ccc(Cl)s4)on3)n2)C(F)(F)F)C(C(N)=O)C1. The van der Waals surface area contributed by atoms with Gasteiger partial charge in [0, 0.05) is 30.6 Å². The van der Waals surface area contributed by atoms with E-state index in [1.165, 1.54) is 17.4 Å². The predicted molar refractivity (Wildman–Crippen MR) is 138 cm³/mol. The van der Waals surface area contributed by atoms with E-state index in [0.29, 0.717) is 15.0 Å². The highest BCUT2D eigenvalue weighted by Gasteiger charge is 2.51. The molecule has 2 amide bonds. The molecule has 0 saturated carbocycles. The molecule has 4 heterocycles. The largest absolute Gasteiger partial charge is 0.477 e. The highest BCUT2D eigenvalue weighted by Crippen LogP contribution is 2.36.